The van der Waals surface area contributed by atoms with Gasteiger partial charge in [-0.15, -0.1) is 0 Å². The third kappa shape index (κ3) is 2.53. The van der Waals surface area contributed by atoms with Gasteiger partial charge in [0.2, 0.25) is 0 Å². The third-order valence-corrected chi connectivity index (χ3v) is 2.62. The number of hydrogen-bond donors (Lipinski definition) is 2. The fourth-order valence-corrected chi connectivity index (χ4v) is 1.51. The maximum absolute atomic E-state index is 5.54. The van der Waals surface area contributed by atoms with Gasteiger partial charge in [0.1, 0.15) is 0 Å². The molecule has 1 heterocycles. The van der Waals surface area contributed by atoms with Crippen LogP contribution in [0.25, 0.3) is 0 Å². The number of nitrogens with two attached hydrogens (primary N) is 1. The molecule has 3 nitrogen and oxygen atoms in total. The number of hydrazine groups is 1. The minimum atomic E-state index is 0.153. The molecule has 0 radical (unpaired) electrons. The number of pyridine rings is 1. The highest BCUT2D eigenvalue weighted by atomic mass is 15.2. The molecule has 0 amide bonds. The van der Waals surface area contributed by atoms with E-state index in [1.165, 1.54) is 0 Å². The van der Waals surface area contributed by atoms with E-state index >= 15 is 0 Å². The van der Waals surface area contributed by atoms with Crippen molar-refractivity contribution < 1.29 is 0 Å². The molecule has 3 N–H and O–H groups in total. The molecular weight excluding hydrogens is 174 g/mol. The summed E-state index contributed by atoms with van der Waals surface area (Å²) in [7, 11) is 0. The molecule has 0 bridgehead atoms. The molecule has 0 saturated heterocycles. The van der Waals surface area contributed by atoms with E-state index in [2.05, 4.69) is 24.3 Å². The van der Waals surface area contributed by atoms with Crippen LogP contribution in [0.2, 0.25) is 0 Å². The third-order valence-electron chi connectivity index (χ3n) is 2.62. The maximum atomic E-state index is 5.54. The Morgan fingerprint density at radius 2 is 2.21 bits per heavy atom. The Bertz CT molecular complexity index is 286. The molecule has 14 heavy (non-hydrogen) atoms. The minimum absolute atomic E-state index is 0.153. The Hall–Kier alpha value is -0.930. The molecule has 1 aromatic heterocycles. The van der Waals surface area contributed by atoms with E-state index in [0.717, 1.165) is 17.8 Å². The van der Waals surface area contributed by atoms with Crippen LogP contribution in [0.15, 0.2) is 18.2 Å². The number of hydrogen-bond acceptors (Lipinski definition) is 3. The van der Waals surface area contributed by atoms with Crippen molar-refractivity contribution in [3.63, 3.8) is 0 Å². The number of rotatable bonds is 4. The normalized spacial score (nSPS) is 15.1. The Morgan fingerprint density at radius 3 is 2.71 bits per heavy atom. The predicted molar refractivity (Wildman–Crippen MR) is 58.5 cm³/mol. The molecular formula is C11H19N3. The second-order valence-electron chi connectivity index (χ2n) is 3.73. The largest absolute Gasteiger partial charge is 0.271 e. The summed E-state index contributed by atoms with van der Waals surface area (Å²) in [6, 6.07) is 6.18. The van der Waals surface area contributed by atoms with E-state index in [9.17, 15) is 0 Å². The van der Waals surface area contributed by atoms with Crippen LogP contribution in [-0.4, -0.2) is 4.98 Å². The average Bonchev–Trinajstić information content (AvgIpc) is 2.19. The van der Waals surface area contributed by atoms with Crippen LogP contribution in [0.1, 0.15) is 37.7 Å². The average molecular weight is 193 g/mol. The van der Waals surface area contributed by atoms with Crippen molar-refractivity contribution in [3.05, 3.63) is 29.6 Å². The standard InChI is InChI=1S/C11H19N3/c1-4-8(2)11(14-12)10-7-5-6-9(3)13-10/h5-8,11,14H,4,12H2,1-3H3. The topological polar surface area (TPSA) is 50.9 Å². The summed E-state index contributed by atoms with van der Waals surface area (Å²) in [6.07, 6.45) is 1.09. The fraction of sp³-hybridized carbons (Fsp3) is 0.545. The van der Waals surface area contributed by atoms with Gasteiger partial charge in [0.15, 0.2) is 0 Å². The maximum Gasteiger partial charge on any atom is 0.0657 e. The lowest BCUT2D eigenvalue weighted by atomic mass is 9.96. The number of nitrogens with one attached hydrogen (secondary N) is 1. The Kier molecular flexibility index (Phi) is 4.04. The quantitative estimate of drug-likeness (QED) is 0.567. The Balaban J connectivity index is 2.89. The lowest BCUT2D eigenvalue weighted by Crippen LogP contribution is -2.33. The summed E-state index contributed by atoms with van der Waals surface area (Å²) in [5, 5.41) is 0. The zero-order chi connectivity index (χ0) is 10.6. The second kappa shape index (κ2) is 5.08. The van der Waals surface area contributed by atoms with Gasteiger partial charge < -0.3 is 0 Å². The molecule has 2 unspecified atom stereocenters. The van der Waals surface area contributed by atoms with Gasteiger partial charge in [-0.2, -0.15) is 0 Å². The van der Waals surface area contributed by atoms with Gasteiger partial charge in [-0.25, -0.2) is 0 Å². The predicted octanol–water partition coefficient (Wildman–Crippen LogP) is 1.94. The van der Waals surface area contributed by atoms with Crippen LogP contribution in [-0.2, 0) is 0 Å². The lowest BCUT2D eigenvalue weighted by Gasteiger charge is -2.21. The molecule has 0 aliphatic rings. The molecule has 0 fully saturated rings. The van der Waals surface area contributed by atoms with E-state index < -0.39 is 0 Å². The fourth-order valence-electron chi connectivity index (χ4n) is 1.51. The van der Waals surface area contributed by atoms with Gasteiger partial charge in [-0.3, -0.25) is 16.3 Å². The molecule has 1 aromatic rings. The lowest BCUT2D eigenvalue weighted by molar-refractivity contribution is 0.375. The van der Waals surface area contributed by atoms with Gasteiger partial charge in [-0.05, 0) is 25.0 Å². The van der Waals surface area contributed by atoms with Crippen molar-refractivity contribution in [1.29, 1.82) is 0 Å². The molecule has 0 saturated carbocycles. The molecule has 0 aliphatic heterocycles. The van der Waals surface area contributed by atoms with Crippen LogP contribution < -0.4 is 11.3 Å². The first-order valence-corrected chi connectivity index (χ1v) is 5.08. The number of aryl methyl sites for hydroxylation is 1. The molecule has 0 aromatic carbocycles. The van der Waals surface area contributed by atoms with Crippen LogP contribution >= 0.6 is 0 Å². The van der Waals surface area contributed by atoms with E-state index in [0.29, 0.717) is 5.92 Å². The highest BCUT2D eigenvalue weighted by Crippen LogP contribution is 2.21. The Morgan fingerprint density at radius 1 is 1.50 bits per heavy atom. The zero-order valence-electron chi connectivity index (χ0n) is 9.12. The highest BCUT2D eigenvalue weighted by molar-refractivity contribution is 5.13. The first-order valence-electron chi connectivity index (χ1n) is 5.08. The van der Waals surface area contributed by atoms with Crippen molar-refractivity contribution in [3.8, 4) is 0 Å². The summed E-state index contributed by atoms with van der Waals surface area (Å²) in [6.45, 7) is 6.33. The van der Waals surface area contributed by atoms with Gasteiger partial charge in [0.05, 0.1) is 11.7 Å². The van der Waals surface area contributed by atoms with Crippen molar-refractivity contribution >= 4 is 0 Å². The molecule has 0 aliphatic carbocycles. The molecule has 0 spiro atoms. The van der Waals surface area contributed by atoms with Crippen molar-refractivity contribution in [1.82, 2.24) is 10.4 Å². The van der Waals surface area contributed by atoms with Crippen LogP contribution in [0.5, 0.6) is 0 Å². The number of aromatic nitrogens is 1. The van der Waals surface area contributed by atoms with Gasteiger partial charge >= 0.3 is 0 Å². The highest BCUT2D eigenvalue weighted by Gasteiger charge is 2.17. The molecule has 2 atom stereocenters. The zero-order valence-corrected chi connectivity index (χ0v) is 9.12. The molecule has 78 valence electrons. The smallest absolute Gasteiger partial charge is 0.0657 e. The van der Waals surface area contributed by atoms with Crippen molar-refractivity contribution in [2.24, 2.45) is 11.8 Å². The minimum Gasteiger partial charge on any atom is -0.271 e. The van der Waals surface area contributed by atoms with Gasteiger partial charge in [0.25, 0.3) is 0 Å². The molecule has 1 rings (SSSR count). The second-order valence-corrected chi connectivity index (χ2v) is 3.73. The van der Waals surface area contributed by atoms with E-state index in [1.807, 2.05) is 25.1 Å². The van der Waals surface area contributed by atoms with E-state index in [1.54, 1.807) is 0 Å². The summed E-state index contributed by atoms with van der Waals surface area (Å²) in [5.74, 6) is 6.04. The van der Waals surface area contributed by atoms with Gasteiger partial charge in [0, 0.05) is 5.69 Å². The van der Waals surface area contributed by atoms with Gasteiger partial charge in [-0.1, -0.05) is 26.3 Å². The monoisotopic (exact) mass is 193 g/mol. The van der Waals surface area contributed by atoms with Crippen LogP contribution in [0, 0.1) is 12.8 Å². The first kappa shape index (κ1) is 11.1. The molecule has 3 heteroatoms. The van der Waals surface area contributed by atoms with E-state index in [4.69, 9.17) is 5.84 Å². The Labute approximate surface area is 85.7 Å². The first-order chi connectivity index (χ1) is 6.69. The summed E-state index contributed by atoms with van der Waals surface area (Å²) >= 11 is 0. The van der Waals surface area contributed by atoms with Crippen LogP contribution in [0.4, 0.5) is 0 Å². The van der Waals surface area contributed by atoms with Crippen LogP contribution in [0.3, 0.4) is 0 Å². The summed E-state index contributed by atoms with van der Waals surface area (Å²) in [5.41, 5.74) is 4.90. The number of nitrogens with zero attached hydrogens (tertiary/aromatic N) is 1. The van der Waals surface area contributed by atoms with Crippen molar-refractivity contribution in [2.75, 3.05) is 0 Å². The summed E-state index contributed by atoms with van der Waals surface area (Å²) in [4.78, 5) is 4.47. The SMILES string of the molecule is CCC(C)C(NN)c1cccc(C)n1. The van der Waals surface area contributed by atoms with E-state index in [-0.39, 0.29) is 6.04 Å². The van der Waals surface area contributed by atoms with Crippen molar-refractivity contribution in [2.45, 2.75) is 33.2 Å². The summed E-state index contributed by atoms with van der Waals surface area (Å²) < 4.78 is 0.